The maximum Gasteiger partial charge on any atom is 0.217 e. The first-order valence-electron chi connectivity index (χ1n) is 42.3. The summed E-state index contributed by atoms with van der Waals surface area (Å²) in [4.78, 5) is 52.5. The van der Waals surface area contributed by atoms with Crippen molar-refractivity contribution in [3.8, 4) is 0 Å². The number of nitrogens with one attached hydrogen (secondary N) is 4. The molecule has 10 saturated heterocycles. The van der Waals surface area contributed by atoms with E-state index in [2.05, 4.69) is 21.3 Å². The molecular weight excluding hydrogens is 1810 g/mol. The van der Waals surface area contributed by atoms with Crippen molar-refractivity contribution in [2.75, 3.05) is 66.1 Å². The van der Waals surface area contributed by atoms with Gasteiger partial charge in [0.15, 0.2) is 62.9 Å². The summed E-state index contributed by atoms with van der Waals surface area (Å²) >= 11 is 0. The maximum atomic E-state index is 13.5. The number of carbonyl (C=O) groups is 4. The quantitative estimate of drug-likeness (QED) is 0.0275. The average molecular weight is 1940 g/mol. The highest BCUT2D eigenvalue weighted by atomic mass is 16.8. The van der Waals surface area contributed by atoms with Gasteiger partial charge in [-0.2, -0.15) is 0 Å². The Labute approximate surface area is 748 Å². The Hall–Kier alpha value is -4.12. The van der Waals surface area contributed by atoms with E-state index in [-0.39, 0.29) is 0 Å². The Morgan fingerprint density at radius 2 is 0.614 bits per heavy atom. The van der Waals surface area contributed by atoms with Crippen LogP contribution in [-0.4, -0.2) is 574 Å². The van der Waals surface area contributed by atoms with Crippen molar-refractivity contribution in [2.45, 2.75) is 373 Å². The Morgan fingerprint density at radius 3 is 1.09 bits per heavy atom. The SMILES string of the molecule is CC(=O)N[C@H]1[C@H](O[C@@H]([C@H](O)[C@H](CO)NC(C)=O)[C@H](O)CO[C@@H]2O[C@@H](C)[C@@H](O)[C@@H](O)[C@@H]2O)O[C@H](CO)[C@@H](O[C@@H]2O[C@H](CO[C@H]3O[C@H](CO)[C@@H](O)[C@H](O)[C@@H]3O[C@@H]3O[C@H](CO)[C@@H](O[C@@H]4O[C@H](CO)[C@H](O)[C@H](O)[C@H]4O)[C@H](O[C@@H]4O[C@@H](C)[C@@H](O)[C@@H](O)[C@@H]4O)[C@H]3NC(C)=O)[C@@H](O)[C@H](O[C@H]3O[C@H](CO)[C@@H](O)[C@H](O)[C@@H]3O[C@@H]3O[C@H](CO)[C@@H](O)[C@H](O[C@@H]4O[C@H](CO)[C@H](O)[C@H](O)[C@H]4O)[C@H]3NC(C)=O)[C@@H]2O)[C@@H]1O. The minimum atomic E-state index is -2.70. The van der Waals surface area contributed by atoms with Crippen LogP contribution in [0.2, 0.25) is 0 Å². The van der Waals surface area contributed by atoms with Gasteiger partial charge in [-0.05, 0) is 13.8 Å². The standard InChI is InChI=1S/C74H126N4O54/c1-17-36(92)46(102)52(108)68(115-17)113-15-24(91)57(38(94)23(7-79)75-19(3)87)125-65-33(76-20(4)88)45(101)58(30(13-85)122-65)126-72-56(112)62(130-74-64(51(107)42(98)28(11-83)121-74)132-66-34(77-21(5)89)60(43(99)29(12-84)117-66)128-71-55(111)49(105)40(96)26(9-81)119-71)44(100)32(124-72)16-114-73-63(50(106)41(97)27(10-82)120-73)131-67-35(78-22(6)90)61(129-69-53(109)47(103)37(93)18(2)116-69)59(31(14-86)123-67)127-70-54(110)48(104)39(95)25(8-80)118-70/h17-18,23-74,79-86,91-112H,7-16H2,1-6H3,(H,75,87)(H,76,88)(H,77,89)(H,78,90)/t17-,18-,23-,24+,25+,26+,27+,28+,29+,30+,31+,32+,33+,34+,35+,36+,37+,38+,39-,40-,41+,42+,43+,44+,45+,46+,47+,48-,49-,50-,51-,52-,53-,54+,55+,56-,57+,58+,59+,60+,61+,62-,63-,64-,65-,66-,67-,68+,69-,70-,71-,72-,73-,74+/m0/s1. The largest absolute Gasteiger partial charge is 0.394 e. The molecule has 0 saturated carbocycles. The highest BCUT2D eigenvalue weighted by Crippen LogP contribution is 2.42. The predicted molar refractivity (Wildman–Crippen MR) is 408 cm³/mol. The molecule has 766 valence electrons. The summed E-state index contributed by atoms with van der Waals surface area (Å²) < 4.78 is 120. The van der Waals surface area contributed by atoms with Crippen molar-refractivity contribution in [3.05, 3.63) is 0 Å². The van der Waals surface area contributed by atoms with Crippen molar-refractivity contribution in [1.29, 1.82) is 0 Å². The van der Waals surface area contributed by atoms with Gasteiger partial charge in [0, 0.05) is 27.7 Å². The van der Waals surface area contributed by atoms with Gasteiger partial charge in [0.05, 0.1) is 84.3 Å². The highest BCUT2D eigenvalue weighted by molar-refractivity contribution is 5.74. The monoisotopic (exact) mass is 1930 g/mol. The molecule has 0 bridgehead atoms. The molecule has 0 aliphatic carbocycles. The molecule has 10 aliphatic heterocycles. The fourth-order valence-electron chi connectivity index (χ4n) is 16.8. The second kappa shape index (κ2) is 48.4. The molecule has 10 fully saturated rings. The molecule has 0 aromatic rings. The van der Waals surface area contributed by atoms with E-state index in [4.69, 9.17) is 94.7 Å². The van der Waals surface area contributed by atoms with Crippen molar-refractivity contribution < 1.29 is 267 Å². The van der Waals surface area contributed by atoms with Crippen LogP contribution in [0.4, 0.5) is 0 Å². The second-order valence-electron chi connectivity index (χ2n) is 33.6. The first-order valence-corrected chi connectivity index (χ1v) is 42.3. The van der Waals surface area contributed by atoms with Crippen LogP contribution in [0.15, 0.2) is 0 Å². The van der Waals surface area contributed by atoms with E-state index in [9.17, 15) is 172 Å². The molecule has 0 aromatic carbocycles. The fraction of sp³-hybridized carbons (Fsp3) is 0.946. The molecule has 54 atom stereocenters. The number of carbonyl (C=O) groups excluding carboxylic acids is 4. The van der Waals surface area contributed by atoms with Gasteiger partial charge in [-0.3, -0.25) is 19.2 Å². The van der Waals surface area contributed by atoms with Gasteiger partial charge >= 0.3 is 0 Å². The zero-order chi connectivity index (χ0) is 97.5. The molecule has 34 N–H and O–H groups in total. The minimum Gasteiger partial charge on any atom is -0.394 e. The van der Waals surface area contributed by atoms with Crippen LogP contribution in [0.1, 0.15) is 41.5 Å². The molecule has 132 heavy (non-hydrogen) atoms. The normalized spacial score (nSPS) is 47.8. The zero-order valence-electron chi connectivity index (χ0n) is 71.5. The lowest BCUT2D eigenvalue weighted by molar-refractivity contribution is -0.400. The van der Waals surface area contributed by atoms with E-state index in [1.807, 2.05) is 0 Å². The number of ether oxygens (including phenoxy) is 20. The van der Waals surface area contributed by atoms with Crippen LogP contribution in [0.25, 0.3) is 0 Å². The second-order valence-corrected chi connectivity index (χ2v) is 33.6. The average Bonchev–Trinajstić information content (AvgIpc) is 0.768. The number of hydrogen-bond acceptors (Lipinski definition) is 54. The predicted octanol–water partition coefficient (Wildman–Crippen LogP) is -22.7. The fourth-order valence-corrected chi connectivity index (χ4v) is 16.8. The molecule has 10 rings (SSSR count). The van der Waals surface area contributed by atoms with Crippen LogP contribution < -0.4 is 21.3 Å². The van der Waals surface area contributed by atoms with Crippen molar-refractivity contribution in [3.63, 3.8) is 0 Å². The Morgan fingerprint density at radius 1 is 0.280 bits per heavy atom. The number of aliphatic hydroxyl groups excluding tert-OH is 30. The molecule has 0 spiro atoms. The third-order valence-electron chi connectivity index (χ3n) is 24.1. The van der Waals surface area contributed by atoms with E-state index < -0.39 is 421 Å². The maximum absolute atomic E-state index is 13.5. The summed E-state index contributed by atoms with van der Waals surface area (Å²) in [6.07, 6.45) is -107. The van der Waals surface area contributed by atoms with E-state index in [0.717, 1.165) is 27.7 Å². The van der Waals surface area contributed by atoms with E-state index in [1.165, 1.54) is 13.8 Å². The molecule has 0 aromatic heterocycles. The topological polar surface area (TPSA) is 908 Å². The molecule has 0 radical (unpaired) electrons. The third-order valence-corrected chi connectivity index (χ3v) is 24.1. The van der Waals surface area contributed by atoms with Gasteiger partial charge in [-0.1, -0.05) is 0 Å². The first-order chi connectivity index (χ1) is 62.3. The van der Waals surface area contributed by atoms with Crippen LogP contribution in [-0.2, 0) is 114 Å². The summed E-state index contributed by atoms with van der Waals surface area (Å²) in [7, 11) is 0. The molecular formula is C74H126N4O54. The lowest BCUT2D eigenvalue weighted by Crippen LogP contribution is -2.71. The van der Waals surface area contributed by atoms with Gasteiger partial charge < -0.3 is 269 Å². The Kier molecular flexibility index (Phi) is 40.3. The summed E-state index contributed by atoms with van der Waals surface area (Å²) in [5.41, 5.74) is 0. The number of rotatable bonds is 37. The lowest BCUT2D eigenvalue weighted by atomic mass is 9.93. The number of aliphatic hydroxyl groups is 30. The van der Waals surface area contributed by atoms with Crippen molar-refractivity contribution in [2.24, 2.45) is 0 Å². The van der Waals surface area contributed by atoms with Crippen LogP contribution in [0.3, 0.4) is 0 Å². The Bertz CT molecular complexity index is 3560. The smallest absolute Gasteiger partial charge is 0.217 e. The molecule has 58 nitrogen and oxygen atoms in total. The first kappa shape index (κ1) is 110. The van der Waals surface area contributed by atoms with Crippen LogP contribution >= 0.6 is 0 Å². The Balaban J connectivity index is 1.03. The molecule has 0 unspecified atom stereocenters. The van der Waals surface area contributed by atoms with Gasteiger partial charge in [-0.15, -0.1) is 0 Å². The van der Waals surface area contributed by atoms with Gasteiger partial charge in [0.1, 0.15) is 250 Å². The number of hydrogen-bond donors (Lipinski definition) is 34. The van der Waals surface area contributed by atoms with Gasteiger partial charge in [0.25, 0.3) is 0 Å². The molecule has 10 aliphatic rings. The van der Waals surface area contributed by atoms with E-state index in [1.54, 1.807) is 0 Å². The van der Waals surface area contributed by atoms with Crippen molar-refractivity contribution >= 4 is 23.6 Å². The summed E-state index contributed by atoms with van der Waals surface area (Å²) in [5, 5.41) is 346. The molecule has 10 heterocycles. The van der Waals surface area contributed by atoms with E-state index >= 15 is 0 Å². The van der Waals surface area contributed by atoms with Gasteiger partial charge in [-0.25, -0.2) is 0 Å². The summed E-state index contributed by atoms with van der Waals surface area (Å²) in [5.74, 6) is -3.98. The highest BCUT2D eigenvalue weighted by Gasteiger charge is 2.62. The number of amides is 4. The summed E-state index contributed by atoms with van der Waals surface area (Å²) in [6, 6.07) is -7.97. The van der Waals surface area contributed by atoms with Crippen molar-refractivity contribution in [1.82, 2.24) is 21.3 Å². The van der Waals surface area contributed by atoms with E-state index in [0.29, 0.717) is 0 Å². The molecule has 58 heteroatoms. The van der Waals surface area contributed by atoms with Crippen LogP contribution in [0.5, 0.6) is 0 Å². The third kappa shape index (κ3) is 24.7. The zero-order valence-corrected chi connectivity index (χ0v) is 71.5. The molecule has 4 amide bonds. The minimum absolute atomic E-state index is 0.873. The van der Waals surface area contributed by atoms with Gasteiger partial charge in [0.2, 0.25) is 23.6 Å². The van der Waals surface area contributed by atoms with Crippen LogP contribution in [0, 0.1) is 0 Å². The summed E-state index contributed by atoms with van der Waals surface area (Å²) in [6.45, 7) is -5.66. The lowest BCUT2D eigenvalue weighted by Gasteiger charge is -2.51.